The Balaban J connectivity index is 2.70. The standard InChI is InChI=1S/C14H21NO2S/c1-10-9-11-7-6-8-12(14(2,3)4)13(11)15(10)18(5,16)17/h6-8,10H,9H2,1-5H3. The summed E-state index contributed by atoms with van der Waals surface area (Å²) >= 11 is 0. The molecule has 1 aromatic carbocycles. The fourth-order valence-electron chi connectivity index (χ4n) is 2.74. The molecule has 3 nitrogen and oxygen atoms in total. The molecule has 1 aliphatic heterocycles. The van der Waals surface area contributed by atoms with Crippen molar-refractivity contribution in [2.75, 3.05) is 10.6 Å². The molecule has 1 heterocycles. The summed E-state index contributed by atoms with van der Waals surface area (Å²) < 4.78 is 25.6. The van der Waals surface area contributed by atoms with E-state index in [1.54, 1.807) is 4.31 Å². The Hall–Kier alpha value is -1.03. The van der Waals surface area contributed by atoms with E-state index in [0.717, 1.165) is 23.2 Å². The number of hydrogen-bond donors (Lipinski definition) is 0. The second kappa shape index (κ2) is 3.98. The Morgan fingerprint density at radius 2 is 1.89 bits per heavy atom. The summed E-state index contributed by atoms with van der Waals surface area (Å²) in [5.74, 6) is 0. The molecular weight excluding hydrogens is 246 g/mol. The van der Waals surface area contributed by atoms with Crippen molar-refractivity contribution in [2.24, 2.45) is 0 Å². The quantitative estimate of drug-likeness (QED) is 0.784. The van der Waals surface area contributed by atoms with E-state index in [4.69, 9.17) is 0 Å². The minimum absolute atomic E-state index is 0.0125. The van der Waals surface area contributed by atoms with Gasteiger partial charge in [-0.25, -0.2) is 8.42 Å². The van der Waals surface area contributed by atoms with Gasteiger partial charge in [0.2, 0.25) is 10.0 Å². The van der Waals surface area contributed by atoms with Crippen LogP contribution in [0.15, 0.2) is 18.2 Å². The van der Waals surface area contributed by atoms with E-state index in [-0.39, 0.29) is 11.5 Å². The molecule has 0 radical (unpaired) electrons. The van der Waals surface area contributed by atoms with Crippen LogP contribution < -0.4 is 4.31 Å². The first-order chi connectivity index (χ1) is 8.12. The lowest BCUT2D eigenvalue weighted by molar-refractivity contribution is 0.581. The Kier molecular flexibility index (Phi) is 2.97. The number of fused-ring (bicyclic) bond motifs is 1. The second-order valence-corrected chi connectivity index (χ2v) is 8.03. The molecule has 0 amide bonds. The average molecular weight is 267 g/mol. The van der Waals surface area contributed by atoms with Crippen LogP contribution in [0.25, 0.3) is 0 Å². The Morgan fingerprint density at radius 3 is 2.39 bits per heavy atom. The van der Waals surface area contributed by atoms with Gasteiger partial charge in [-0.2, -0.15) is 0 Å². The van der Waals surface area contributed by atoms with Crippen molar-refractivity contribution in [3.63, 3.8) is 0 Å². The predicted octanol–water partition coefficient (Wildman–Crippen LogP) is 2.69. The molecule has 0 fully saturated rings. The molecule has 1 aliphatic rings. The molecule has 0 bridgehead atoms. The zero-order chi connectivity index (χ0) is 13.7. The summed E-state index contributed by atoms with van der Waals surface area (Å²) in [4.78, 5) is 0. The van der Waals surface area contributed by atoms with Crippen LogP contribution in [-0.4, -0.2) is 20.7 Å². The number of rotatable bonds is 1. The van der Waals surface area contributed by atoms with Gasteiger partial charge in [0.1, 0.15) is 0 Å². The molecule has 0 aromatic heterocycles. The monoisotopic (exact) mass is 267 g/mol. The predicted molar refractivity (Wildman–Crippen MR) is 75.6 cm³/mol. The third kappa shape index (κ3) is 2.14. The van der Waals surface area contributed by atoms with Crippen LogP contribution in [0.2, 0.25) is 0 Å². The highest BCUT2D eigenvalue weighted by atomic mass is 32.2. The zero-order valence-electron chi connectivity index (χ0n) is 11.7. The highest BCUT2D eigenvalue weighted by Gasteiger charge is 2.36. The van der Waals surface area contributed by atoms with E-state index in [1.807, 2.05) is 25.1 Å². The Morgan fingerprint density at radius 1 is 1.28 bits per heavy atom. The largest absolute Gasteiger partial charge is 0.267 e. The number of nitrogens with zero attached hydrogens (tertiary/aromatic N) is 1. The molecular formula is C14H21NO2S. The molecule has 18 heavy (non-hydrogen) atoms. The first-order valence-electron chi connectivity index (χ1n) is 6.24. The highest BCUT2D eigenvalue weighted by molar-refractivity contribution is 7.92. The lowest BCUT2D eigenvalue weighted by atomic mass is 9.85. The average Bonchev–Trinajstić information content (AvgIpc) is 2.50. The molecule has 0 spiro atoms. The van der Waals surface area contributed by atoms with Crippen LogP contribution in [-0.2, 0) is 21.9 Å². The normalized spacial score (nSPS) is 20.1. The van der Waals surface area contributed by atoms with Crippen LogP contribution in [0, 0.1) is 0 Å². The van der Waals surface area contributed by atoms with E-state index < -0.39 is 10.0 Å². The lowest BCUT2D eigenvalue weighted by Crippen LogP contribution is -2.36. The number of sulfonamides is 1. The second-order valence-electron chi connectivity index (χ2n) is 6.18. The Labute approximate surface area is 110 Å². The van der Waals surface area contributed by atoms with Gasteiger partial charge in [0.15, 0.2) is 0 Å². The molecule has 0 N–H and O–H groups in total. The highest BCUT2D eigenvalue weighted by Crippen LogP contribution is 2.41. The van der Waals surface area contributed by atoms with Crippen molar-refractivity contribution < 1.29 is 8.42 Å². The molecule has 4 heteroatoms. The minimum atomic E-state index is -3.21. The van der Waals surface area contributed by atoms with Gasteiger partial charge in [-0.3, -0.25) is 4.31 Å². The molecule has 0 saturated heterocycles. The number of anilines is 1. The van der Waals surface area contributed by atoms with Crippen molar-refractivity contribution in [1.29, 1.82) is 0 Å². The van der Waals surface area contributed by atoms with E-state index in [2.05, 4.69) is 20.8 Å². The van der Waals surface area contributed by atoms with E-state index in [9.17, 15) is 8.42 Å². The molecule has 0 aliphatic carbocycles. The van der Waals surface area contributed by atoms with Gasteiger partial charge in [-0.05, 0) is 29.9 Å². The maximum absolute atomic E-state index is 12.0. The molecule has 2 rings (SSSR count). The topological polar surface area (TPSA) is 37.4 Å². The first-order valence-corrected chi connectivity index (χ1v) is 8.09. The van der Waals surface area contributed by atoms with Crippen molar-refractivity contribution >= 4 is 15.7 Å². The van der Waals surface area contributed by atoms with Crippen molar-refractivity contribution in [1.82, 2.24) is 0 Å². The van der Waals surface area contributed by atoms with E-state index in [1.165, 1.54) is 6.26 Å². The van der Waals surface area contributed by atoms with Gasteiger partial charge in [-0.15, -0.1) is 0 Å². The van der Waals surface area contributed by atoms with Crippen LogP contribution in [0.5, 0.6) is 0 Å². The Bertz CT molecular complexity index is 570. The van der Waals surface area contributed by atoms with Gasteiger partial charge in [-0.1, -0.05) is 39.0 Å². The van der Waals surface area contributed by atoms with Gasteiger partial charge in [0.05, 0.1) is 11.9 Å². The van der Waals surface area contributed by atoms with Crippen molar-refractivity contribution in [2.45, 2.75) is 45.6 Å². The molecule has 1 atom stereocenters. The van der Waals surface area contributed by atoms with E-state index >= 15 is 0 Å². The fourth-order valence-corrected chi connectivity index (χ4v) is 4.01. The summed E-state index contributed by atoms with van der Waals surface area (Å²) in [7, 11) is -3.21. The van der Waals surface area contributed by atoms with Crippen molar-refractivity contribution in [3.05, 3.63) is 29.3 Å². The number of benzene rings is 1. The summed E-state index contributed by atoms with van der Waals surface area (Å²) in [5, 5.41) is 0. The maximum atomic E-state index is 12.0. The SMILES string of the molecule is CC1Cc2cccc(C(C)(C)C)c2N1S(C)(=O)=O. The third-order valence-electron chi connectivity index (χ3n) is 3.42. The van der Waals surface area contributed by atoms with Gasteiger partial charge >= 0.3 is 0 Å². The van der Waals surface area contributed by atoms with Crippen LogP contribution in [0.3, 0.4) is 0 Å². The number of para-hydroxylation sites is 1. The summed E-state index contributed by atoms with van der Waals surface area (Å²) in [6.07, 6.45) is 2.09. The molecule has 100 valence electrons. The molecule has 1 aromatic rings. The summed E-state index contributed by atoms with van der Waals surface area (Å²) in [5.41, 5.74) is 3.09. The smallest absolute Gasteiger partial charge is 0.232 e. The minimum Gasteiger partial charge on any atom is -0.267 e. The lowest BCUT2D eigenvalue weighted by Gasteiger charge is -2.29. The molecule has 0 saturated carbocycles. The summed E-state index contributed by atoms with van der Waals surface area (Å²) in [6, 6.07) is 6.11. The first kappa shape index (κ1) is 13.4. The van der Waals surface area contributed by atoms with E-state index in [0.29, 0.717) is 0 Å². The summed E-state index contributed by atoms with van der Waals surface area (Å²) in [6.45, 7) is 8.32. The third-order valence-corrected chi connectivity index (χ3v) is 4.68. The van der Waals surface area contributed by atoms with Crippen LogP contribution in [0.4, 0.5) is 5.69 Å². The fraction of sp³-hybridized carbons (Fsp3) is 0.571. The maximum Gasteiger partial charge on any atom is 0.232 e. The van der Waals surface area contributed by atoms with Crippen molar-refractivity contribution in [3.8, 4) is 0 Å². The van der Waals surface area contributed by atoms with Gasteiger partial charge in [0, 0.05) is 6.04 Å². The zero-order valence-corrected chi connectivity index (χ0v) is 12.5. The van der Waals surface area contributed by atoms with Gasteiger partial charge < -0.3 is 0 Å². The molecule has 1 unspecified atom stereocenters. The van der Waals surface area contributed by atoms with Crippen LogP contribution in [0.1, 0.15) is 38.8 Å². The number of hydrogen-bond acceptors (Lipinski definition) is 2. The van der Waals surface area contributed by atoms with Gasteiger partial charge in [0.25, 0.3) is 0 Å². The van der Waals surface area contributed by atoms with Crippen LogP contribution >= 0.6 is 0 Å².